The first-order valence-electron chi connectivity index (χ1n) is 11.0. The first-order valence-corrected chi connectivity index (χ1v) is 12.4. The predicted octanol–water partition coefficient (Wildman–Crippen LogP) is 4.94. The molecule has 0 saturated heterocycles. The molecule has 176 valence electrons. The van der Waals surface area contributed by atoms with E-state index in [1.807, 2.05) is 31.2 Å². The van der Waals surface area contributed by atoms with E-state index in [1.54, 1.807) is 60.7 Å². The van der Waals surface area contributed by atoms with E-state index in [-0.39, 0.29) is 16.1 Å². The molecular formula is C27H23N3O4S. The third kappa shape index (κ3) is 5.26. The molecule has 1 amide bonds. The molecule has 0 saturated carbocycles. The summed E-state index contributed by atoms with van der Waals surface area (Å²) >= 11 is 0. The number of ether oxygens (including phenoxy) is 1. The van der Waals surface area contributed by atoms with Crippen molar-refractivity contribution in [2.75, 3.05) is 22.8 Å². The Hall–Kier alpha value is -4.35. The Labute approximate surface area is 204 Å². The average Bonchev–Trinajstić information content (AvgIpc) is 2.88. The van der Waals surface area contributed by atoms with Crippen molar-refractivity contribution >= 4 is 38.1 Å². The maximum Gasteiger partial charge on any atom is 0.265 e. The number of nitriles is 1. The van der Waals surface area contributed by atoms with Crippen LogP contribution in [0.1, 0.15) is 12.5 Å². The second-order valence-corrected chi connectivity index (χ2v) is 9.49. The summed E-state index contributed by atoms with van der Waals surface area (Å²) in [6, 6.07) is 27.2. The predicted molar refractivity (Wildman–Crippen MR) is 136 cm³/mol. The van der Waals surface area contributed by atoms with E-state index in [9.17, 15) is 18.5 Å². The molecule has 1 N–H and O–H groups in total. The van der Waals surface area contributed by atoms with Crippen LogP contribution in [-0.4, -0.2) is 27.5 Å². The maximum atomic E-state index is 13.9. The van der Waals surface area contributed by atoms with Gasteiger partial charge >= 0.3 is 0 Å². The molecule has 0 heterocycles. The van der Waals surface area contributed by atoms with Gasteiger partial charge in [-0.15, -0.1) is 0 Å². The highest BCUT2D eigenvalue weighted by Crippen LogP contribution is 2.29. The molecule has 0 bridgehead atoms. The lowest BCUT2D eigenvalue weighted by molar-refractivity contribution is -0.114. The summed E-state index contributed by atoms with van der Waals surface area (Å²) in [5.41, 5.74) is 1.01. The molecule has 0 aliphatic carbocycles. The Morgan fingerprint density at radius 1 is 0.971 bits per heavy atom. The molecule has 0 aromatic heterocycles. The van der Waals surface area contributed by atoms with E-state index < -0.39 is 22.5 Å². The molecule has 0 radical (unpaired) electrons. The Morgan fingerprint density at radius 3 is 2.43 bits per heavy atom. The minimum absolute atomic E-state index is 0.0758. The van der Waals surface area contributed by atoms with Gasteiger partial charge in [0.05, 0.1) is 28.8 Å². The third-order valence-corrected chi connectivity index (χ3v) is 7.15. The molecule has 0 fully saturated rings. The fourth-order valence-corrected chi connectivity index (χ4v) is 5.35. The third-order valence-electron chi connectivity index (χ3n) is 5.32. The summed E-state index contributed by atoms with van der Waals surface area (Å²) in [6.45, 7) is 1.92. The Morgan fingerprint density at radius 2 is 1.69 bits per heavy atom. The zero-order chi connectivity index (χ0) is 24.8. The maximum absolute atomic E-state index is 13.9. The number of fused-ring (bicyclic) bond motifs is 1. The molecule has 35 heavy (non-hydrogen) atoms. The molecule has 0 aliphatic rings. The van der Waals surface area contributed by atoms with Gasteiger partial charge in [-0.25, -0.2) is 8.42 Å². The number of carbonyl (C=O) groups is 1. The van der Waals surface area contributed by atoms with Gasteiger partial charge in [-0.1, -0.05) is 42.5 Å². The highest BCUT2D eigenvalue weighted by Gasteiger charge is 2.29. The van der Waals surface area contributed by atoms with E-state index in [0.29, 0.717) is 23.4 Å². The van der Waals surface area contributed by atoms with Gasteiger partial charge < -0.3 is 10.1 Å². The number of amides is 1. The minimum atomic E-state index is -4.16. The number of nitrogens with one attached hydrogen (secondary N) is 1. The fraction of sp³-hybridized carbons (Fsp3) is 0.111. The van der Waals surface area contributed by atoms with Crippen LogP contribution in [0.15, 0.2) is 95.9 Å². The van der Waals surface area contributed by atoms with Gasteiger partial charge in [-0.05, 0) is 60.8 Å². The van der Waals surface area contributed by atoms with Crippen LogP contribution in [0.5, 0.6) is 5.75 Å². The molecule has 7 nitrogen and oxygen atoms in total. The molecule has 4 aromatic rings. The number of carbonyl (C=O) groups excluding carboxylic acids is 1. The van der Waals surface area contributed by atoms with Crippen LogP contribution < -0.4 is 14.4 Å². The van der Waals surface area contributed by atoms with E-state index in [1.165, 1.54) is 12.1 Å². The topological polar surface area (TPSA) is 99.5 Å². The Balaban J connectivity index is 1.71. The quantitative estimate of drug-likeness (QED) is 0.381. The average molecular weight is 486 g/mol. The lowest BCUT2D eigenvalue weighted by Gasteiger charge is -2.25. The Kier molecular flexibility index (Phi) is 6.99. The standard InChI is InChI=1S/C27H23N3O4S/c1-2-34-24-15-13-22(14-16-24)29-27(31)19-30(23-10-5-7-20(17-23)18-28)35(32,33)26-12-6-9-21-8-3-4-11-25(21)26/h3-17H,2,19H2,1H3,(H,29,31). The molecule has 4 aromatic carbocycles. The number of hydrogen-bond acceptors (Lipinski definition) is 5. The number of rotatable bonds is 8. The van der Waals surface area contributed by atoms with Crippen molar-refractivity contribution < 1.29 is 17.9 Å². The van der Waals surface area contributed by atoms with Crippen molar-refractivity contribution in [3.05, 3.63) is 96.6 Å². The van der Waals surface area contributed by atoms with Crippen LogP contribution in [0.2, 0.25) is 0 Å². The van der Waals surface area contributed by atoms with Gasteiger partial charge in [0.15, 0.2) is 0 Å². The van der Waals surface area contributed by atoms with Gasteiger partial charge in [0, 0.05) is 11.1 Å². The molecular weight excluding hydrogens is 462 g/mol. The van der Waals surface area contributed by atoms with Crippen molar-refractivity contribution in [1.29, 1.82) is 5.26 Å². The monoisotopic (exact) mass is 485 g/mol. The van der Waals surface area contributed by atoms with Crippen molar-refractivity contribution in [3.8, 4) is 11.8 Å². The highest BCUT2D eigenvalue weighted by atomic mass is 32.2. The smallest absolute Gasteiger partial charge is 0.265 e. The molecule has 0 unspecified atom stereocenters. The second-order valence-electron chi connectivity index (χ2n) is 7.66. The zero-order valence-corrected chi connectivity index (χ0v) is 19.8. The number of hydrogen-bond donors (Lipinski definition) is 1. The van der Waals surface area contributed by atoms with Crippen LogP contribution in [0.25, 0.3) is 10.8 Å². The Bertz CT molecular complexity index is 1500. The first kappa shape index (κ1) is 23.8. The molecule has 8 heteroatoms. The van der Waals surface area contributed by atoms with Gasteiger partial charge in [0.25, 0.3) is 10.0 Å². The van der Waals surface area contributed by atoms with Crippen molar-refractivity contribution in [3.63, 3.8) is 0 Å². The number of anilines is 2. The second kappa shape index (κ2) is 10.3. The molecule has 0 spiro atoms. The number of nitrogens with zero attached hydrogens (tertiary/aromatic N) is 2. The lowest BCUT2D eigenvalue weighted by atomic mass is 10.1. The summed E-state index contributed by atoms with van der Waals surface area (Å²) in [6.07, 6.45) is 0. The van der Waals surface area contributed by atoms with Crippen LogP contribution in [0, 0.1) is 11.3 Å². The summed E-state index contributed by atoms with van der Waals surface area (Å²) in [4.78, 5) is 13.1. The van der Waals surface area contributed by atoms with Gasteiger partial charge in [0.1, 0.15) is 12.3 Å². The van der Waals surface area contributed by atoms with E-state index >= 15 is 0 Å². The van der Waals surface area contributed by atoms with Gasteiger partial charge in [-0.3, -0.25) is 9.10 Å². The van der Waals surface area contributed by atoms with Crippen LogP contribution >= 0.6 is 0 Å². The summed E-state index contributed by atoms with van der Waals surface area (Å²) in [5.74, 6) is 0.138. The van der Waals surface area contributed by atoms with Crippen LogP contribution in [-0.2, 0) is 14.8 Å². The SMILES string of the molecule is CCOc1ccc(NC(=O)CN(c2cccc(C#N)c2)S(=O)(=O)c2cccc3ccccc23)cc1. The summed E-state index contributed by atoms with van der Waals surface area (Å²) in [7, 11) is -4.16. The number of sulfonamides is 1. The summed E-state index contributed by atoms with van der Waals surface area (Å²) < 4.78 is 34.2. The summed E-state index contributed by atoms with van der Waals surface area (Å²) in [5, 5.41) is 13.4. The first-order chi connectivity index (χ1) is 16.9. The molecule has 4 rings (SSSR count). The number of benzene rings is 4. The van der Waals surface area contributed by atoms with Crippen molar-refractivity contribution in [2.24, 2.45) is 0 Å². The zero-order valence-electron chi connectivity index (χ0n) is 19.0. The molecule has 0 atom stereocenters. The van der Waals surface area contributed by atoms with Gasteiger partial charge in [0.2, 0.25) is 5.91 Å². The van der Waals surface area contributed by atoms with Crippen LogP contribution in [0.3, 0.4) is 0 Å². The van der Waals surface area contributed by atoms with E-state index in [4.69, 9.17) is 4.74 Å². The van der Waals surface area contributed by atoms with E-state index in [0.717, 1.165) is 9.69 Å². The van der Waals surface area contributed by atoms with Crippen molar-refractivity contribution in [2.45, 2.75) is 11.8 Å². The van der Waals surface area contributed by atoms with Gasteiger partial charge in [-0.2, -0.15) is 5.26 Å². The van der Waals surface area contributed by atoms with E-state index in [2.05, 4.69) is 5.32 Å². The minimum Gasteiger partial charge on any atom is -0.494 e. The highest BCUT2D eigenvalue weighted by molar-refractivity contribution is 7.93. The largest absolute Gasteiger partial charge is 0.494 e. The molecule has 0 aliphatic heterocycles. The normalized spacial score (nSPS) is 11.0. The fourth-order valence-electron chi connectivity index (χ4n) is 3.72. The lowest BCUT2D eigenvalue weighted by Crippen LogP contribution is -2.38. The van der Waals surface area contributed by atoms with Crippen molar-refractivity contribution in [1.82, 2.24) is 0 Å². The van der Waals surface area contributed by atoms with Crippen LogP contribution in [0.4, 0.5) is 11.4 Å².